The topological polar surface area (TPSA) is 20.3 Å². The van der Waals surface area contributed by atoms with E-state index in [1.807, 2.05) is 11.0 Å². The first-order chi connectivity index (χ1) is 10.3. The van der Waals surface area contributed by atoms with Gasteiger partial charge in [0, 0.05) is 19.5 Å². The third-order valence-electron chi connectivity index (χ3n) is 3.50. The molecule has 0 aliphatic carbocycles. The van der Waals surface area contributed by atoms with E-state index in [4.69, 9.17) is 0 Å². The van der Waals surface area contributed by atoms with Gasteiger partial charge >= 0.3 is 0 Å². The second kappa shape index (κ2) is 8.63. The van der Waals surface area contributed by atoms with Crippen LogP contribution in [0.5, 0.6) is 0 Å². The minimum absolute atomic E-state index is 0.277. The lowest BCUT2D eigenvalue weighted by atomic mass is 10.1. The van der Waals surface area contributed by atoms with E-state index in [0.29, 0.717) is 6.42 Å². The van der Waals surface area contributed by atoms with Gasteiger partial charge in [0.1, 0.15) is 0 Å². The molecule has 0 N–H and O–H groups in total. The predicted octanol–water partition coefficient (Wildman–Crippen LogP) is 4.51. The molecule has 0 aliphatic heterocycles. The fourth-order valence-corrected chi connectivity index (χ4v) is 3.07. The first-order valence-corrected chi connectivity index (χ1v) is 8.56. The Hall–Kier alpha value is -1.61. The molecule has 1 amide bonds. The average Bonchev–Trinajstić information content (AvgIpc) is 3.01. The smallest absolute Gasteiger partial charge is 0.222 e. The highest BCUT2D eigenvalue weighted by molar-refractivity contribution is 7.07. The van der Waals surface area contributed by atoms with Crippen LogP contribution in [0.2, 0.25) is 0 Å². The summed E-state index contributed by atoms with van der Waals surface area (Å²) in [5, 5.41) is 4.19. The van der Waals surface area contributed by atoms with Crippen LogP contribution in [0.1, 0.15) is 37.3 Å². The van der Waals surface area contributed by atoms with Crippen LogP contribution >= 0.6 is 11.3 Å². The Morgan fingerprint density at radius 3 is 2.62 bits per heavy atom. The van der Waals surface area contributed by atoms with E-state index < -0.39 is 0 Å². The second-order valence-corrected chi connectivity index (χ2v) is 6.07. The summed E-state index contributed by atoms with van der Waals surface area (Å²) < 4.78 is 0. The lowest BCUT2D eigenvalue weighted by Crippen LogP contribution is -2.31. The third-order valence-corrected chi connectivity index (χ3v) is 4.23. The average molecular weight is 301 g/mol. The van der Waals surface area contributed by atoms with Gasteiger partial charge in [-0.2, -0.15) is 11.3 Å². The number of thiophene rings is 1. The van der Waals surface area contributed by atoms with E-state index in [1.54, 1.807) is 11.3 Å². The van der Waals surface area contributed by atoms with Crippen LogP contribution in [-0.2, 0) is 17.8 Å². The summed E-state index contributed by atoms with van der Waals surface area (Å²) in [5.74, 6) is 0.277. The summed E-state index contributed by atoms with van der Waals surface area (Å²) in [6, 6.07) is 12.5. The zero-order chi connectivity index (χ0) is 14.9. The Balaban J connectivity index is 1.81. The van der Waals surface area contributed by atoms with Gasteiger partial charge in [0.05, 0.1) is 0 Å². The van der Waals surface area contributed by atoms with Crippen molar-refractivity contribution in [3.63, 3.8) is 0 Å². The molecule has 1 heterocycles. The van der Waals surface area contributed by atoms with Crippen LogP contribution in [0, 0.1) is 0 Å². The zero-order valence-electron chi connectivity index (χ0n) is 12.6. The maximum Gasteiger partial charge on any atom is 0.222 e. The molecule has 21 heavy (non-hydrogen) atoms. The van der Waals surface area contributed by atoms with Crippen LogP contribution in [0.4, 0.5) is 0 Å². The maximum absolute atomic E-state index is 12.4. The van der Waals surface area contributed by atoms with Crippen molar-refractivity contribution in [2.75, 3.05) is 6.54 Å². The van der Waals surface area contributed by atoms with Crippen LogP contribution < -0.4 is 0 Å². The Bertz CT molecular complexity index is 521. The van der Waals surface area contributed by atoms with Crippen molar-refractivity contribution in [3.8, 4) is 0 Å². The molecule has 2 rings (SSSR count). The first kappa shape index (κ1) is 15.8. The molecule has 0 saturated carbocycles. The number of carbonyl (C=O) groups excluding carboxylic acids is 1. The molecule has 0 radical (unpaired) electrons. The summed E-state index contributed by atoms with van der Waals surface area (Å²) in [4.78, 5) is 14.4. The highest BCUT2D eigenvalue weighted by Crippen LogP contribution is 2.12. The third kappa shape index (κ3) is 5.35. The first-order valence-electron chi connectivity index (χ1n) is 7.62. The standard InChI is InChI=1S/C18H23NOS/c1-2-12-19(14-17-11-13-21-15-17)18(20)10-6-9-16-7-4-3-5-8-16/h3-5,7-8,11,13,15H,2,6,9-10,12,14H2,1H3. The molecule has 2 aromatic rings. The highest BCUT2D eigenvalue weighted by Gasteiger charge is 2.13. The lowest BCUT2D eigenvalue weighted by molar-refractivity contribution is -0.131. The van der Waals surface area contributed by atoms with Crippen molar-refractivity contribution in [1.82, 2.24) is 4.90 Å². The van der Waals surface area contributed by atoms with Crippen LogP contribution in [0.25, 0.3) is 0 Å². The molecular formula is C18H23NOS. The molecule has 0 atom stereocenters. The minimum atomic E-state index is 0.277. The monoisotopic (exact) mass is 301 g/mol. The van der Waals surface area contributed by atoms with Gasteiger partial charge in [0.2, 0.25) is 5.91 Å². The zero-order valence-corrected chi connectivity index (χ0v) is 13.4. The van der Waals surface area contributed by atoms with Gasteiger partial charge in [-0.15, -0.1) is 0 Å². The molecule has 0 bridgehead atoms. The number of amides is 1. The summed E-state index contributed by atoms with van der Waals surface area (Å²) >= 11 is 1.69. The Labute approximate surface area is 131 Å². The summed E-state index contributed by atoms with van der Waals surface area (Å²) in [6.45, 7) is 3.72. The molecule has 112 valence electrons. The number of nitrogens with zero attached hydrogens (tertiary/aromatic N) is 1. The minimum Gasteiger partial charge on any atom is -0.338 e. The fraction of sp³-hybridized carbons (Fsp3) is 0.389. The molecule has 2 nitrogen and oxygen atoms in total. The SMILES string of the molecule is CCCN(Cc1ccsc1)C(=O)CCCc1ccccc1. The maximum atomic E-state index is 12.4. The van der Waals surface area contributed by atoms with Crippen molar-refractivity contribution >= 4 is 17.2 Å². The van der Waals surface area contributed by atoms with E-state index in [1.165, 1.54) is 11.1 Å². The molecular weight excluding hydrogens is 278 g/mol. The highest BCUT2D eigenvalue weighted by atomic mass is 32.1. The molecule has 3 heteroatoms. The second-order valence-electron chi connectivity index (χ2n) is 5.29. The number of hydrogen-bond donors (Lipinski definition) is 0. The Morgan fingerprint density at radius 2 is 1.95 bits per heavy atom. The number of benzene rings is 1. The molecule has 0 aliphatic rings. The molecule has 0 unspecified atom stereocenters. The van der Waals surface area contributed by atoms with Crippen molar-refractivity contribution < 1.29 is 4.79 Å². The van der Waals surface area contributed by atoms with E-state index in [0.717, 1.165) is 32.4 Å². The number of carbonyl (C=O) groups is 1. The number of hydrogen-bond acceptors (Lipinski definition) is 2. The van der Waals surface area contributed by atoms with E-state index >= 15 is 0 Å². The van der Waals surface area contributed by atoms with Gasteiger partial charge in [-0.3, -0.25) is 4.79 Å². The summed E-state index contributed by atoms with van der Waals surface area (Å²) in [5.41, 5.74) is 2.55. The summed E-state index contributed by atoms with van der Waals surface area (Å²) in [7, 11) is 0. The van der Waals surface area contributed by atoms with Crippen molar-refractivity contribution in [1.29, 1.82) is 0 Å². The number of aryl methyl sites for hydroxylation is 1. The summed E-state index contributed by atoms with van der Waals surface area (Å²) in [6.07, 6.45) is 3.55. The quantitative estimate of drug-likeness (QED) is 0.702. The molecule has 0 saturated heterocycles. The normalized spacial score (nSPS) is 10.5. The van der Waals surface area contributed by atoms with Crippen LogP contribution in [0.15, 0.2) is 47.2 Å². The van der Waals surface area contributed by atoms with E-state index in [-0.39, 0.29) is 5.91 Å². The van der Waals surface area contributed by atoms with E-state index in [9.17, 15) is 4.79 Å². The van der Waals surface area contributed by atoms with Crippen LogP contribution in [0.3, 0.4) is 0 Å². The van der Waals surface area contributed by atoms with Crippen LogP contribution in [-0.4, -0.2) is 17.4 Å². The van der Waals surface area contributed by atoms with Gasteiger partial charge in [-0.1, -0.05) is 37.3 Å². The molecule has 0 spiro atoms. The van der Waals surface area contributed by atoms with Crippen molar-refractivity contribution in [2.24, 2.45) is 0 Å². The van der Waals surface area contributed by atoms with Crippen molar-refractivity contribution in [2.45, 2.75) is 39.2 Å². The molecule has 1 aromatic carbocycles. The Morgan fingerprint density at radius 1 is 1.14 bits per heavy atom. The lowest BCUT2D eigenvalue weighted by Gasteiger charge is -2.21. The molecule has 1 aromatic heterocycles. The number of rotatable bonds is 8. The van der Waals surface area contributed by atoms with Gasteiger partial charge < -0.3 is 4.90 Å². The van der Waals surface area contributed by atoms with Crippen molar-refractivity contribution in [3.05, 3.63) is 58.3 Å². The van der Waals surface area contributed by atoms with Gasteiger partial charge in [0.25, 0.3) is 0 Å². The predicted molar refractivity (Wildman–Crippen MR) is 89.4 cm³/mol. The van der Waals surface area contributed by atoms with Gasteiger partial charge in [-0.05, 0) is 47.2 Å². The Kier molecular flexibility index (Phi) is 6.48. The van der Waals surface area contributed by atoms with E-state index in [2.05, 4.69) is 48.0 Å². The van der Waals surface area contributed by atoms with Gasteiger partial charge in [0.15, 0.2) is 0 Å². The fourth-order valence-electron chi connectivity index (χ4n) is 2.41. The largest absolute Gasteiger partial charge is 0.338 e. The molecule has 0 fully saturated rings. The van der Waals surface area contributed by atoms with Gasteiger partial charge in [-0.25, -0.2) is 0 Å².